The molecule has 1 saturated heterocycles. The number of halogens is 2. The van der Waals surface area contributed by atoms with Gasteiger partial charge in [0.2, 0.25) is 5.91 Å². The van der Waals surface area contributed by atoms with Crippen molar-refractivity contribution in [2.45, 2.75) is 6.04 Å². The average Bonchev–Trinajstić information content (AvgIpc) is 2.34. The number of nitrogens with one attached hydrogen (secondary N) is 1. The van der Waals surface area contributed by atoms with Gasteiger partial charge in [0.15, 0.2) is 5.82 Å². The minimum atomic E-state index is -0.851. The van der Waals surface area contributed by atoms with Gasteiger partial charge in [0.05, 0.1) is 12.2 Å². The summed E-state index contributed by atoms with van der Waals surface area (Å²) in [6.45, 7) is 0.317. The molecule has 7 heteroatoms. The summed E-state index contributed by atoms with van der Waals surface area (Å²) >= 11 is 0. The highest BCUT2D eigenvalue weighted by atomic mass is 19.1. The molecule has 2 aliphatic rings. The Hall–Kier alpha value is -2.02. The lowest BCUT2D eigenvalue weighted by Gasteiger charge is -2.42. The summed E-state index contributed by atoms with van der Waals surface area (Å²) in [5, 5.41) is 2.82. The molecule has 1 atom stereocenters. The molecule has 1 aromatic carbocycles. The molecule has 1 N–H and O–H groups in total. The van der Waals surface area contributed by atoms with Crippen molar-refractivity contribution < 1.29 is 18.4 Å². The molecule has 3 rings (SSSR count). The zero-order valence-electron chi connectivity index (χ0n) is 10.1. The molecule has 1 fully saturated rings. The van der Waals surface area contributed by atoms with Crippen LogP contribution in [0.15, 0.2) is 12.1 Å². The summed E-state index contributed by atoms with van der Waals surface area (Å²) in [7, 11) is 1.42. The van der Waals surface area contributed by atoms with E-state index in [1.54, 1.807) is 0 Å². The topological polar surface area (TPSA) is 52.7 Å². The SMILES string of the molecule is CN1C(=O)C2CNCC(=O)N2c2cc(F)cc(F)c21. The van der Waals surface area contributed by atoms with E-state index in [4.69, 9.17) is 0 Å². The summed E-state index contributed by atoms with van der Waals surface area (Å²) < 4.78 is 27.2. The fourth-order valence-corrected chi connectivity index (χ4v) is 2.57. The molecule has 1 unspecified atom stereocenters. The van der Waals surface area contributed by atoms with E-state index in [1.807, 2.05) is 0 Å². The van der Waals surface area contributed by atoms with E-state index in [9.17, 15) is 18.4 Å². The maximum atomic E-state index is 13.9. The molecule has 0 aliphatic carbocycles. The van der Waals surface area contributed by atoms with E-state index >= 15 is 0 Å². The lowest BCUT2D eigenvalue weighted by Crippen LogP contribution is -2.63. The molecule has 1 aromatic rings. The van der Waals surface area contributed by atoms with Gasteiger partial charge in [0, 0.05) is 19.7 Å². The van der Waals surface area contributed by atoms with Crippen LogP contribution >= 0.6 is 0 Å². The van der Waals surface area contributed by atoms with Gasteiger partial charge in [0.25, 0.3) is 5.91 Å². The van der Waals surface area contributed by atoms with Crippen molar-refractivity contribution in [2.24, 2.45) is 0 Å². The lowest BCUT2D eigenvalue weighted by atomic mass is 10.0. The number of carbonyl (C=O) groups excluding carboxylic acids is 2. The third-order valence-electron chi connectivity index (χ3n) is 3.41. The van der Waals surface area contributed by atoms with Gasteiger partial charge in [-0.1, -0.05) is 0 Å². The molecular weight excluding hydrogens is 256 g/mol. The maximum absolute atomic E-state index is 13.9. The van der Waals surface area contributed by atoms with Gasteiger partial charge in [-0.2, -0.15) is 0 Å². The Morgan fingerprint density at radius 1 is 1.32 bits per heavy atom. The first-order valence-electron chi connectivity index (χ1n) is 5.80. The first-order chi connectivity index (χ1) is 9.00. The molecule has 5 nitrogen and oxygen atoms in total. The molecule has 2 heterocycles. The Balaban J connectivity index is 2.24. The Morgan fingerprint density at radius 2 is 2.05 bits per heavy atom. The van der Waals surface area contributed by atoms with E-state index < -0.39 is 23.6 Å². The van der Waals surface area contributed by atoms with Crippen LogP contribution in [0.2, 0.25) is 0 Å². The number of likely N-dealkylation sites (N-methyl/N-ethyl adjacent to an activating group) is 1. The molecule has 0 aromatic heterocycles. The third kappa shape index (κ3) is 1.61. The molecule has 19 heavy (non-hydrogen) atoms. The molecule has 0 bridgehead atoms. The summed E-state index contributed by atoms with van der Waals surface area (Å²) in [4.78, 5) is 26.4. The first-order valence-corrected chi connectivity index (χ1v) is 5.80. The Bertz CT molecular complexity index is 591. The van der Waals surface area contributed by atoms with Gasteiger partial charge >= 0.3 is 0 Å². The average molecular weight is 267 g/mol. The number of fused-ring (bicyclic) bond motifs is 3. The molecule has 0 radical (unpaired) electrons. The fourth-order valence-electron chi connectivity index (χ4n) is 2.57. The second kappa shape index (κ2) is 3.99. The third-order valence-corrected chi connectivity index (χ3v) is 3.41. The number of rotatable bonds is 0. The lowest BCUT2D eigenvalue weighted by molar-refractivity contribution is -0.126. The maximum Gasteiger partial charge on any atom is 0.251 e. The summed E-state index contributed by atoms with van der Waals surface area (Å²) in [5.41, 5.74) is 0.0500. The summed E-state index contributed by atoms with van der Waals surface area (Å²) in [6, 6.07) is 1.03. The molecule has 2 amide bonds. The highest BCUT2D eigenvalue weighted by Crippen LogP contribution is 2.38. The number of nitrogens with zero attached hydrogens (tertiary/aromatic N) is 2. The second-order valence-corrected chi connectivity index (χ2v) is 4.56. The van der Waals surface area contributed by atoms with Gasteiger partial charge in [-0.25, -0.2) is 8.78 Å². The number of amides is 2. The number of hydrogen-bond donors (Lipinski definition) is 1. The van der Waals surface area contributed by atoms with Gasteiger partial charge < -0.3 is 10.2 Å². The minimum absolute atomic E-state index is 0.0467. The molecule has 0 spiro atoms. The standard InChI is InChI=1S/C12H11F2N3O2/c1-16-11-7(14)2-6(13)3-8(11)17-9(12(16)19)4-15-5-10(17)18/h2-3,9,15H,4-5H2,1H3. The van der Waals surface area contributed by atoms with Crippen molar-refractivity contribution in [1.29, 1.82) is 0 Å². The summed E-state index contributed by atoms with van der Waals surface area (Å²) in [6.07, 6.45) is 0. The quantitative estimate of drug-likeness (QED) is 0.733. The van der Waals surface area contributed by atoms with Crippen molar-refractivity contribution >= 4 is 23.2 Å². The molecule has 100 valence electrons. The monoisotopic (exact) mass is 267 g/mol. The predicted molar refractivity (Wildman–Crippen MR) is 63.9 cm³/mol. The Kier molecular flexibility index (Phi) is 2.53. The Morgan fingerprint density at radius 3 is 2.79 bits per heavy atom. The largest absolute Gasteiger partial charge is 0.309 e. The van der Waals surface area contributed by atoms with Crippen LogP contribution < -0.4 is 15.1 Å². The van der Waals surface area contributed by atoms with Crippen molar-refractivity contribution in [3.63, 3.8) is 0 Å². The van der Waals surface area contributed by atoms with Gasteiger partial charge in [0.1, 0.15) is 17.5 Å². The number of benzene rings is 1. The van der Waals surface area contributed by atoms with Crippen LogP contribution in [0.1, 0.15) is 0 Å². The molecule has 0 saturated carbocycles. The van der Waals surface area contributed by atoms with Crippen LogP contribution in [-0.4, -0.2) is 38.0 Å². The fraction of sp³-hybridized carbons (Fsp3) is 0.333. The van der Waals surface area contributed by atoms with Crippen LogP contribution in [0.3, 0.4) is 0 Å². The normalized spacial score (nSPS) is 22.4. The van der Waals surface area contributed by atoms with E-state index in [2.05, 4.69) is 5.32 Å². The van der Waals surface area contributed by atoms with Crippen LogP contribution in [0, 0.1) is 11.6 Å². The van der Waals surface area contributed by atoms with Crippen LogP contribution in [0.25, 0.3) is 0 Å². The second-order valence-electron chi connectivity index (χ2n) is 4.56. The molecular formula is C12H11F2N3O2. The van der Waals surface area contributed by atoms with Gasteiger partial charge in [-0.05, 0) is 6.07 Å². The highest BCUT2D eigenvalue weighted by Gasteiger charge is 2.43. The van der Waals surface area contributed by atoms with Crippen LogP contribution in [0.4, 0.5) is 20.2 Å². The number of carbonyl (C=O) groups is 2. The predicted octanol–water partition coefficient (Wildman–Crippen LogP) is 0.246. The van der Waals surface area contributed by atoms with E-state index in [0.29, 0.717) is 6.07 Å². The van der Waals surface area contributed by atoms with Gasteiger partial charge in [-0.3, -0.25) is 14.5 Å². The number of anilines is 2. The number of hydrogen-bond acceptors (Lipinski definition) is 3. The van der Waals surface area contributed by atoms with Crippen LogP contribution in [0.5, 0.6) is 0 Å². The van der Waals surface area contributed by atoms with Gasteiger partial charge in [-0.15, -0.1) is 0 Å². The van der Waals surface area contributed by atoms with Crippen molar-refractivity contribution in [2.75, 3.05) is 29.9 Å². The van der Waals surface area contributed by atoms with E-state index in [1.165, 1.54) is 11.9 Å². The zero-order chi connectivity index (χ0) is 13.7. The van der Waals surface area contributed by atoms with Crippen LogP contribution in [-0.2, 0) is 9.59 Å². The van der Waals surface area contributed by atoms with E-state index in [0.717, 1.165) is 11.0 Å². The summed E-state index contributed by atoms with van der Waals surface area (Å²) in [5.74, 6) is -2.39. The molecule has 2 aliphatic heterocycles. The van der Waals surface area contributed by atoms with Crippen molar-refractivity contribution in [3.8, 4) is 0 Å². The first kappa shape index (κ1) is 12.0. The Labute approximate surface area is 107 Å². The van der Waals surface area contributed by atoms with E-state index in [-0.39, 0.29) is 30.4 Å². The highest BCUT2D eigenvalue weighted by molar-refractivity contribution is 6.14. The number of piperazine rings is 1. The van der Waals surface area contributed by atoms with Crippen molar-refractivity contribution in [1.82, 2.24) is 5.32 Å². The van der Waals surface area contributed by atoms with Crippen molar-refractivity contribution in [3.05, 3.63) is 23.8 Å². The smallest absolute Gasteiger partial charge is 0.251 e. The minimum Gasteiger partial charge on any atom is -0.309 e. The zero-order valence-corrected chi connectivity index (χ0v) is 10.1.